The van der Waals surface area contributed by atoms with E-state index in [9.17, 15) is 4.79 Å². The average molecular weight is 351 g/mol. The van der Waals surface area contributed by atoms with Crippen LogP contribution in [-0.4, -0.2) is 55.5 Å². The van der Waals surface area contributed by atoms with Crippen LogP contribution in [0.5, 0.6) is 0 Å². The Morgan fingerprint density at radius 2 is 2.19 bits per heavy atom. The molecule has 0 radical (unpaired) electrons. The van der Waals surface area contributed by atoms with Crippen molar-refractivity contribution < 1.29 is 4.79 Å². The first-order chi connectivity index (χ1) is 12.7. The SMILES string of the molecule is CCNC(=O)N1CCC2(CCn3nc(-c4cnc5[nH]ncc5c4)cc32)C1. The highest BCUT2D eigenvalue weighted by Gasteiger charge is 2.46. The highest BCUT2D eigenvalue weighted by Crippen LogP contribution is 2.43. The van der Waals surface area contributed by atoms with Gasteiger partial charge in [0.2, 0.25) is 0 Å². The number of rotatable bonds is 2. The Morgan fingerprint density at radius 1 is 1.31 bits per heavy atom. The van der Waals surface area contributed by atoms with Crippen molar-refractivity contribution in [2.24, 2.45) is 0 Å². The van der Waals surface area contributed by atoms with E-state index in [1.807, 2.05) is 18.0 Å². The normalized spacial score (nSPS) is 21.7. The van der Waals surface area contributed by atoms with Crippen molar-refractivity contribution in [3.63, 3.8) is 0 Å². The summed E-state index contributed by atoms with van der Waals surface area (Å²) in [6.45, 7) is 5.08. The Kier molecular flexibility index (Phi) is 3.28. The van der Waals surface area contributed by atoms with E-state index >= 15 is 0 Å². The smallest absolute Gasteiger partial charge is 0.317 e. The molecule has 1 unspecified atom stereocenters. The van der Waals surface area contributed by atoms with Gasteiger partial charge in [0.15, 0.2) is 5.65 Å². The van der Waals surface area contributed by atoms with Gasteiger partial charge in [0, 0.05) is 54.4 Å². The number of aryl methyl sites for hydroxylation is 1. The van der Waals surface area contributed by atoms with Gasteiger partial charge >= 0.3 is 6.03 Å². The molecule has 0 aliphatic carbocycles. The van der Waals surface area contributed by atoms with E-state index in [1.165, 1.54) is 5.69 Å². The number of hydrogen-bond acceptors (Lipinski definition) is 4. The molecule has 8 nitrogen and oxygen atoms in total. The van der Waals surface area contributed by atoms with Crippen LogP contribution in [0.15, 0.2) is 24.5 Å². The minimum absolute atomic E-state index is 0.0313. The predicted molar refractivity (Wildman–Crippen MR) is 96.7 cm³/mol. The van der Waals surface area contributed by atoms with Crippen molar-refractivity contribution in [1.82, 2.24) is 35.2 Å². The van der Waals surface area contributed by atoms with Crippen LogP contribution >= 0.6 is 0 Å². The van der Waals surface area contributed by atoms with Crippen LogP contribution in [0.3, 0.4) is 0 Å². The van der Waals surface area contributed by atoms with Gasteiger partial charge in [0.1, 0.15) is 0 Å². The number of nitrogens with zero attached hydrogens (tertiary/aromatic N) is 5. The Labute approximate surface area is 150 Å². The van der Waals surface area contributed by atoms with Crippen molar-refractivity contribution >= 4 is 17.1 Å². The minimum Gasteiger partial charge on any atom is -0.338 e. The predicted octanol–water partition coefficient (Wildman–Crippen LogP) is 1.90. The van der Waals surface area contributed by atoms with Crippen LogP contribution in [0.2, 0.25) is 0 Å². The fourth-order valence-electron chi connectivity index (χ4n) is 4.30. The molecule has 1 spiro atoms. The van der Waals surface area contributed by atoms with Gasteiger partial charge in [0.25, 0.3) is 0 Å². The zero-order chi connectivity index (χ0) is 17.7. The van der Waals surface area contributed by atoms with E-state index in [0.29, 0.717) is 6.54 Å². The summed E-state index contributed by atoms with van der Waals surface area (Å²) in [5.41, 5.74) is 3.99. The number of carbonyl (C=O) groups is 1. The lowest BCUT2D eigenvalue weighted by Crippen LogP contribution is -2.40. The van der Waals surface area contributed by atoms with Gasteiger partial charge in [-0.15, -0.1) is 0 Å². The van der Waals surface area contributed by atoms with Gasteiger partial charge in [-0.1, -0.05) is 0 Å². The number of aromatic amines is 1. The Balaban J connectivity index is 1.46. The number of H-pyrrole nitrogens is 1. The second kappa shape index (κ2) is 5.55. The zero-order valence-corrected chi connectivity index (χ0v) is 14.7. The lowest BCUT2D eigenvalue weighted by atomic mass is 9.82. The van der Waals surface area contributed by atoms with E-state index in [2.05, 4.69) is 37.3 Å². The van der Waals surface area contributed by atoms with Gasteiger partial charge in [0.05, 0.1) is 11.9 Å². The highest BCUT2D eigenvalue weighted by atomic mass is 16.2. The third kappa shape index (κ3) is 2.21. The number of fused-ring (bicyclic) bond motifs is 3. The maximum atomic E-state index is 12.2. The van der Waals surface area contributed by atoms with Crippen molar-refractivity contribution in [2.75, 3.05) is 19.6 Å². The molecule has 0 saturated carbocycles. The molecule has 134 valence electrons. The molecule has 2 aliphatic rings. The fourth-order valence-corrected chi connectivity index (χ4v) is 4.30. The molecular weight excluding hydrogens is 330 g/mol. The second-order valence-corrected chi connectivity index (χ2v) is 7.21. The number of carbonyl (C=O) groups excluding carboxylic acids is 1. The molecule has 2 N–H and O–H groups in total. The molecule has 1 fully saturated rings. The number of hydrogen-bond donors (Lipinski definition) is 2. The van der Waals surface area contributed by atoms with Crippen molar-refractivity contribution in [3.05, 3.63) is 30.2 Å². The van der Waals surface area contributed by atoms with Crippen molar-refractivity contribution in [1.29, 1.82) is 0 Å². The van der Waals surface area contributed by atoms with Crippen molar-refractivity contribution in [3.8, 4) is 11.3 Å². The summed E-state index contributed by atoms with van der Waals surface area (Å²) in [6, 6.07) is 4.28. The first-order valence-electron chi connectivity index (χ1n) is 9.09. The van der Waals surface area contributed by atoms with Crippen molar-refractivity contribution in [2.45, 2.75) is 31.7 Å². The van der Waals surface area contributed by atoms with Crippen LogP contribution in [0, 0.1) is 0 Å². The molecule has 1 atom stereocenters. The fraction of sp³-hybridized carbons (Fsp3) is 0.444. The van der Waals surface area contributed by atoms with Crippen LogP contribution in [0.25, 0.3) is 22.3 Å². The van der Waals surface area contributed by atoms with E-state index < -0.39 is 0 Å². The molecular formula is C18H21N7O. The number of nitrogens with one attached hydrogen (secondary N) is 2. The topological polar surface area (TPSA) is 91.7 Å². The van der Waals surface area contributed by atoms with E-state index in [0.717, 1.165) is 54.8 Å². The molecule has 0 aromatic carbocycles. The van der Waals surface area contributed by atoms with E-state index in [1.54, 1.807) is 6.20 Å². The molecule has 26 heavy (non-hydrogen) atoms. The van der Waals surface area contributed by atoms with Gasteiger partial charge in [-0.05, 0) is 31.9 Å². The van der Waals surface area contributed by atoms with Crippen LogP contribution in [0.1, 0.15) is 25.5 Å². The summed E-state index contributed by atoms with van der Waals surface area (Å²) < 4.78 is 2.11. The molecule has 3 aromatic rings. The lowest BCUT2D eigenvalue weighted by molar-refractivity contribution is 0.206. The Morgan fingerprint density at radius 3 is 3.08 bits per heavy atom. The largest absolute Gasteiger partial charge is 0.338 e. The summed E-state index contributed by atoms with van der Waals surface area (Å²) >= 11 is 0. The quantitative estimate of drug-likeness (QED) is 0.738. The Bertz CT molecular complexity index is 991. The van der Waals surface area contributed by atoms with Crippen LogP contribution in [-0.2, 0) is 12.0 Å². The van der Waals surface area contributed by atoms with E-state index in [-0.39, 0.29) is 11.4 Å². The zero-order valence-electron chi connectivity index (χ0n) is 14.7. The summed E-state index contributed by atoms with van der Waals surface area (Å²) in [7, 11) is 0. The monoisotopic (exact) mass is 351 g/mol. The maximum absolute atomic E-state index is 12.2. The molecule has 5 rings (SSSR count). The number of likely N-dealkylation sites (tertiary alicyclic amines) is 1. The molecule has 8 heteroatoms. The second-order valence-electron chi connectivity index (χ2n) is 7.21. The van der Waals surface area contributed by atoms with Gasteiger partial charge in [-0.25, -0.2) is 9.78 Å². The van der Waals surface area contributed by atoms with Gasteiger partial charge in [-0.3, -0.25) is 9.78 Å². The third-order valence-corrected chi connectivity index (χ3v) is 5.68. The summed E-state index contributed by atoms with van der Waals surface area (Å²) in [5, 5.41) is 15.6. The number of amides is 2. The highest BCUT2D eigenvalue weighted by molar-refractivity contribution is 5.79. The third-order valence-electron chi connectivity index (χ3n) is 5.68. The molecule has 1 saturated heterocycles. The molecule has 2 aliphatic heterocycles. The standard InChI is InChI=1S/C18H21N7O/c1-2-19-17(26)24-5-3-18(11-24)4-6-25-15(18)8-14(23-25)12-7-13-10-21-22-16(13)20-9-12/h7-10H,2-6,11H2,1H3,(H,19,26)(H,20,21,22). The van der Waals surface area contributed by atoms with Gasteiger partial charge in [-0.2, -0.15) is 10.2 Å². The van der Waals surface area contributed by atoms with Gasteiger partial charge < -0.3 is 10.2 Å². The Hall–Kier alpha value is -2.90. The lowest BCUT2D eigenvalue weighted by Gasteiger charge is -2.23. The minimum atomic E-state index is 0.0313. The summed E-state index contributed by atoms with van der Waals surface area (Å²) in [6.07, 6.45) is 5.65. The van der Waals surface area contributed by atoms with E-state index in [4.69, 9.17) is 5.10 Å². The first kappa shape index (κ1) is 15.4. The molecule has 3 aromatic heterocycles. The number of aromatic nitrogens is 5. The molecule has 2 amide bonds. The summed E-state index contributed by atoms with van der Waals surface area (Å²) in [5.74, 6) is 0. The molecule has 5 heterocycles. The summed E-state index contributed by atoms with van der Waals surface area (Å²) in [4.78, 5) is 18.6. The number of urea groups is 1. The first-order valence-corrected chi connectivity index (χ1v) is 9.09. The number of pyridine rings is 1. The maximum Gasteiger partial charge on any atom is 0.317 e. The average Bonchev–Trinajstić information content (AvgIpc) is 3.40. The molecule has 0 bridgehead atoms. The van der Waals surface area contributed by atoms with Crippen LogP contribution < -0.4 is 5.32 Å². The van der Waals surface area contributed by atoms with Crippen LogP contribution in [0.4, 0.5) is 4.79 Å².